The first-order chi connectivity index (χ1) is 7.63. The smallest absolute Gasteiger partial charge is 0.0738 e. The molecule has 1 heterocycles. The normalized spacial score (nSPS) is 13.1. The van der Waals surface area contributed by atoms with E-state index in [0.29, 0.717) is 5.92 Å². The van der Waals surface area contributed by atoms with Crippen LogP contribution in [0.15, 0.2) is 4.47 Å². The van der Waals surface area contributed by atoms with Crippen molar-refractivity contribution in [2.45, 2.75) is 40.2 Å². The van der Waals surface area contributed by atoms with Gasteiger partial charge in [-0.05, 0) is 55.7 Å². The van der Waals surface area contributed by atoms with E-state index in [1.54, 1.807) is 0 Å². The molecule has 0 saturated heterocycles. The first-order valence-corrected chi connectivity index (χ1v) is 6.79. The zero-order valence-corrected chi connectivity index (χ0v) is 12.3. The van der Waals surface area contributed by atoms with Gasteiger partial charge in [-0.1, -0.05) is 13.3 Å². The minimum atomic E-state index is 0.683. The van der Waals surface area contributed by atoms with E-state index in [4.69, 9.17) is 0 Å². The first-order valence-electron chi connectivity index (χ1n) is 6.00. The van der Waals surface area contributed by atoms with Crippen molar-refractivity contribution in [3.8, 4) is 0 Å². The summed E-state index contributed by atoms with van der Waals surface area (Å²) in [5.41, 5.74) is 2.43. The Morgan fingerprint density at radius 3 is 2.62 bits per heavy atom. The summed E-state index contributed by atoms with van der Waals surface area (Å²) in [7, 11) is 2.01. The fourth-order valence-electron chi connectivity index (χ4n) is 1.99. The molecule has 16 heavy (non-hydrogen) atoms. The van der Waals surface area contributed by atoms with E-state index in [1.165, 1.54) is 16.6 Å². The maximum Gasteiger partial charge on any atom is 0.0738 e. The van der Waals surface area contributed by atoms with Crippen LogP contribution in [0.3, 0.4) is 0 Å². The summed E-state index contributed by atoms with van der Waals surface area (Å²) in [4.78, 5) is 0. The van der Waals surface area contributed by atoms with Gasteiger partial charge in [0.05, 0.1) is 15.9 Å². The fraction of sp³-hybridized carbons (Fsp3) is 0.750. The van der Waals surface area contributed by atoms with Crippen molar-refractivity contribution in [3.05, 3.63) is 15.9 Å². The van der Waals surface area contributed by atoms with Crippen molar-refractivity contribution in [3.63, 3.8) is 0 Å². The Hall–Kier alpha value is -0.350. The summed E-state index contributed by atoms with van der Waals surface area (Å²) in [5.74, 6) is 0.683. The minimum absolute atomic E-state index is 0.683. The van der Waals surface area contributed by atoms with Crippen LogP contribution in [0.2, 0.25) is 0 Å². The standard InChI is InChI=1S/C12H22BrN3/c1-5-10(8-14-4)7-11-12(13)9(3)15-16(11)6-2/h10,14H,5-8H2,1-4H3. The Morgan fingerprint density at radius 2 is 2.12 bits per heavy atom. The van der Waals surface area contributed by atoms with Crippen LogP contribution in [-0.4, -0.2) is 23.4 Å². The van der Waals surface area contributed by atoms with Crippen LogP contribution in [0, 0.1) is 12.8 Å². The lowest BCUT2D eigenvalue weighted by Crippen LogP contribution is -2.21. The molecular formula is C12H22BrN3. The maximum absolute atomic E-state index is 4.53. The molecule has 1 N–H and O–H groups in total. The average molecular weight is 288 g/mol. The number of nitrogens with one attached hydrogen (secondary N) is 1. The summed E-state index contributed by atoms with van der Waals surface area (Å²) >= 11 is 3.65. The molecule has 1 aromatic rings. The minimum Gasteiger partial charge on any atom is -0.319 e. The molecule has 0 aliphatic carbocycles. The molecule has 0 bridgehead atoms. The van der Waals surface area contributed by atoms with E-state index in [2.05, 4.69) is 51.8 Å². The molecule has 1 atom stereocenters. The van der Waals surface area contributed by atoms with E-state index < -0.39 is 0 Å². The van der Waals surface area contributed by atoms with E-state index >= 15 is 0 Å². The van der Waals surface area contributed by atoms with E-state index in [0.717, 1.165) is 25.2 Å². The van der Waals surface area contributed by atoms with Gasteiger partial charge in [0.2, 0.25) is 0 Å². The molecule has 92 valence electrons. The molecule has 0 fully saturated rings. The molecule has 4 heteroatoms. The van der Waals surface area contributed by atoms with Gasteiger partial charge in [0.1, 0.15) is 0 Å². The molecule has 3 nitrogen and oxygen atoms in total. The number of hydrogen-bond donors (Lipinski definition) is 1. The fourth-order valence-corrected chi connectivity index (χ4v) is 2.43. The average Bonchev–Trinajstić information content (AvgIpc) is 2.55. The molecule has 1 unspecified atom stereocenters. The highest BCUT2D eigenvalue weighted by Gasteiger charge is 2.16. The molecule has 0 aromatic carbocycles. The third-order valence-corrected chi connectivity index (χ3v) is 4.04. The van der Waals surface area contributed by atoms with Crippen LogP contribution in [-0.2, 0) is 13.0 Å². The Labute approximate surface area is 107 Å². The monoisotopic (exact) mass is 287 g/mol. The zero-order chi connectivity index (χ0) is 12.1. The second-order valence-corrected chi connectivity index (χ2v) is 4.99. The topological polar surface area (TPSA) is 29.9 Å². The van der Waals surface area contributed by atoms with Gasteiger partial charge in [-0.15, -0.1) is 0 Å². The van der Waals surface area contributed by atoms with Crippen LogP contribution < -0.4 is 5.32 Å². The lowest BCUT2D eigenvalue weighted by Gasteiger charge is -2.15. The van der Waals surface area contributed by atoms with Gasteiger partial charge in [0.15, 0.2) is 0 Å². The highest BCUT2D eigenvalue weighted by molar-refractivity contribution is 9.10. The Balaban J connectivity index is 2.85. The molecular weight excluding hydrogens is 266 g/mol. The van der Waals surface area contributed by atoms with Gasteiger partial charge in [-0.2, -0.15) is 5.10 Å². The van der Waals surface area contributed by atoms with Crippen LogP contribution in [0.25, 0.3) is 0 Å². The molecule has 0 radical (unpaired) electrons. The predicted octanol–water partition coefficient (Wildman–Crippen LogP) is 2.76. The van der Waals surface area contributed by atoms with E-state index in [9.17, 15) is 0 Å². The van der Waals surface area contributed by atoms with E-state index in [1.807, 2.05) is 7.05 Å². The molecule has 0 aliphatic rings. The summed E-state index contributed by atoms with van der Waals surface area (Å²) in [6.45, 7) is 8.45. The van der Waals surface area contributed by atoms with Gasteiger partial charge >= 0.3 is 0 Å². The summed E-state index contributed by atoms with van der Waals surface area (Å²) in [6.07, 6.45) is 2.29. The molecule has 0 aliphatic heterocycles. The third-order valence-electron chi connectivity index (χ3n) is 3.01. The first kappa shape index (κ1) is 13.7. The van der Waals surface area contributed by atoms with Crippen LogP contribution in [0.1, 0.15) is 31.7 Å². The van der Waals surface area contributed by atoms with Gasteiger partial charge in [-0.25, -0.2) is 0 Å². The maximum atomic E-state index is 4.53. The van der Waals surface area contributed by atoms with Crippen LogP contribution >= 0.6 is 15.9 Å². The lowest BCUT2D eigenvalue weighted by atomic mass is 10.00. The predicted molar refractivity (Wildman–Crippen MR) is 71.7 cm³/mol. The van der Waals surface area contributed by atoms with Crippen molar-refractivity contribution in [1.82, 2.24) is 15.1 Å². The van der Waals surface area contributed by atoms with Crippen molar-refractivity contribution >= 4 is 15.9 Å². The van der Waals surface area contributed by atoms with Crippen molar-refractivity contribution in [2.75, 3.05) is 13.6 Å². The Bertz CT molecular complexity index is 333. The van der Waals surface area contributed by atoms with Gasteiger partial charge in [-0.3, -0.25) is 4.68 Å². The molecule has 0 spiro atoms. The van der Waals surface area contributed by atoms with Crippen molar-refractivity contribution in [1.29, 1.82) is 0 Å². The Morgan fingerprint density at radius 1 is 1.44 bits per heavy atom. The summed E-state index contributed by atoms with van der Waals surface area (Å²) < 4.78 is 3.29. The lowest BCUT2D eigenvalue weighted by molar-refractivity contribution is 0.459. The summed E-state index contributed by atoms with van der Waals surface area (Å²) in [5, 5.41) is 7.78. The number of aryl methyl sites for hydroxylation is 2. The number of rotatable bonds is 6. The van der Waals surface area contributed by atoms with Crippen LogP contribution in [0.5, 0.6) is 0 Å². The number of hydrogen-bond acceptors (Lipinski definition) is 2. The van der Waals surface area contributed by atoms with Crippen LogP contribution in [0.4, 0.5) is 0 Å². The number of aromatic nitrogens is 2. The highest BCUT2D eigenvalue weighted by Crippen LogP contribution is 2.24. The van der Waals surface area contributed by atoms with Gasteiger partial charge < -0.3 is 5.32 Å². The third kappa shape index (κ3) is 3.08. The van der Waals surface area contributed by atoms with Crippen molar-refractivity contribution in [2.24, 2.45) is 5.92 Å². The highest BCUT2D eigenvalue weighted by atomic mass is 79.9. The molecule has 1 aromatic heterocycles. The molecule has 0 amide bonds. The van der Waals surface area contributed by atoms with Crippen molar-refractivity contribution < 1.29 is 0 Å². The number of nitrogens with zero attached hydrogens (tertiary/aromatic N) is 2. The SMILES string of the molecule is CCC(CNC)Cc1c(Br)c(C)nn1CC. The van der Waals surface area contributed by atoms with Gasteiger partial charge in [0.25, 0.3) is 0 Å². The largest absolute Gasteiger partial charge is 0.319 e. The Kier molecular flexibility index (Phi) is 5.49. The quantitative estimate of drug-likeness (QED) is 0.872. The molecule has 1 rings (SSSR count). The zero-order valence-electron chi connectivity index (χ0n) is 10.7. The molecule has 0 saturated carbocycles. The van der Waals surface area contributed by atoms with Gasteiger partial charge in [0, 0.05) is 6.54 Å². The second kappa shape index (κ2) is 6.40. The summed E-state index contributed by atoms with van der Waals surface area (Å²) in [6, 6.07) is 0. The number of halogens is 1. The van der Waals surface area contributed by atoms with E-state index in [-0.39, 0.29) is 0 Å². The second-order valence-electron chi connectivity index (χ2n) is 4.20.